The summed E-state index contributed by atoms with van der Waals surface area (Å²) in [6.45, 7) is 2.39. The standard InChI is InChI=1S/C17H20N2O3/c1-17(11-18,12-7-8-12)19-16(20)14-9-10-15(22-14)21-13-5-3-2-4-6-13/h2-6,9-10,12H,7-8,11,18H2,1H3,(H,19,20). The van der Waals surface area contributed by atoms with E-state index in [1.807, 2.05) is 37.3 Å². The number of ether oxygens (including phenoxy) is 1. The van der Waals surface area contributed by atoms with E-state index in [9.17, 15) is 4.79 Å². The summed E-state index contributed by atoms with van der Waals surface area (Å²) in [5.41, 5.74) is 5.44. The number of nitrogens with one attached hydrogen (secondary N) is 1. The molecular weight excluding hydrogens is 280 g/mol. The third-order valence-electron chi connectivity index (χ3n) is 4.07. The molecule has 1 amide bonds. The van der Waals surface area contributed by atoms with Gasteiger partial charge in [0.2, 0.25) is 0 Å². The third kappa shape index (κ3) is 3.14. The van der Waals surface area contributed by atoms with E-state index < -0.39 is 0 Å². The third-order valence-corrected chi connectivity index (χ3v) is 4.07. The van der Waals surface area contributed by atoms with Gasteiger partial charge in [0.15, 0.2) is 5.76 Å². The van der Waals surface area contributed by atoms with Crippen molar-refractivity contribution in [1.29, 1.82) is 0 Å². The average molecular weight is 300 g/mol. The number of hydrogen-bond acceptors (Lipinski definition) is 4. The number of carbonyl (C=O) groups excluding carboxylic acids is 1. The first-order valence-electron chi connectivity index (χ1n) is 7.46. The summed E-state index contributed by atoms with van der Waals surface area (Å²) in [5, 5.41) is 2.99. The van der Waals surface area contributed by atoms with Crippen LogP contribution in [0.1, 0.15) is 30.3 Å². The summed E-state index contributed by atoms with van der Waals surface area (Å²) in [6.07, 6.45) is 2.21. The molecule has 1 unspecified atom stereocenters. The molecule has 1 heterocycles. The molecule has 2 aromatic rings. The van der Waals surface area contributed by atoms with Crippen molar-refractivity contribution in [2.45, 2.75) is 25.3 Å². The quantitative estimate of drug-likeness (QED) is 0.860. The van der Waals surface area contributed by atoms with Gasteiger partial charge in [-0.1, -0.05) is 18.2 Å². The molecule has 0 bridgehead atoms. The molecule has 0 spiro atoms. The topological polar surface area (TPSA) is 77.5 Å². The van der Waals surface area contributed by atoms with Crippen LogP contribution in [0, 0.1) is 5.92 Å². The number of amides is 1. The van der Waals surface area contributed by atoms with Crippen LogP contribution in [-0.4, -0.2) is 18.0 Å². The lowest BCUT2D eigenvalue weighted by Crippen LogP contribution is -2.53. The van der Waals surface area contributed by atoms with Crippen LogP contribution in [0.3, 0.4) is 0 Å². The minimum Gasteiger partial charge on any atom is -0.426 e. The SMILES string of the molecule is CC(CN)(NC(=O)c1ccc(Oc2ccccc2)o1)C1CC1. The second-order valence-electron chi connectivity index (χ2n) is 5.88. The molecule has 1 fully saturated rings. The maximum Gasteiger partial charge on any atom is 0.290 e. The van der Waals surface area contributed by atoms with Crippen molar-refractivity contribution in [3.63, 3.8) is 0 Å². The van der Waals surface area contributed by atoms with E-state index in [2.05, 4.69) is 5.32 Å². The largest absolute Gasteiger partial charge is 0.426 e. The van der Waals surface area contributed by atoms with E-state index in [0.29, 0.717) is 18.2 Å². The van der Waals surface area contributed by atoms with E-state index in [1.54, 1.807) is 12.1 Å². The lowest BCUT2D eigenvalue weighted by atomic mass is 9.96. The van der Waals surface area contributed by atoms with E-state index in [4.69, 9.17) is 14.9 Å². The van der Waals surface area contributed by atoms with Gasteiger partial charge in [0, 0.05) is 12.6 Å². The molecule has 0 aliphatic heterocycles. The molecule has 5 nitrogen and oxygen atoms in total. The number of nitrogens with two attached hydrogens (primary N) is 1. The van der Waals surface area contributed by atoms with Crippen molar-refractivity contribution in [1.82, 2.24) is 5.32 Å². The molecular formula is C17H20N2O3. The fraction of sp³-hybridized carbons (Fsp3) is 0.353. The Kier molecular flexibility index (Phi) is 3.90. The van der Waals surface area contributed by atoms with Crippen molar-refractivity contribution >= 4 is 5.91 Å². The zero-order valence-corrected chi connectivity index (χ0v) is 12.5. The van der Waals surface area contributed by atoms with E-state index in [1.165, 1.54) is 0 Å². The van der Waals surface area contributed by atoms with Crippen LogP contribution in [0.2, 0.25) is 0 Å². The first kappa shape index (κ1) is 14.7. The zero-order valence-electron chi connectivity index (χ0n) is 12.5. The summed E-state index contributed by atoms with van der Waals surface area (Å²) in [5.74, 6) is 1.37. The van der Waals surface area contributed by atoms with Gasteiger partial charge in [-0.15, -0.1) is 0 Å². The number of hydrogen-bond donors (Lipinski definition) is 2. The Morgan fingerprint density at radius 2 is 2.05 bits per heavy atom. The maximum atomic E-state index is 12.3. The van der Waals surface area contributed by atoms with Crippen molar-refractivity contribution in [2.24, 2.45) is 11.7 Å². The molecule has 116 valence electrons. The monoisotopic (exact) mass is 300 g/mol. The molecule has 0 radical (unpaired) electrons. The Hall–Kier alpha value is -2.27. The van der Waals surface area contributed by atoms with E-state index in [-0.39, 0.29) is 23.2 Å². The van der Waals surface area contributed by atoms with Crippen LogP contribution < -0.4 is 15.8 Å². The first-order valence-corrected chi connectivity index (χ1v) is 7.46. The highest BCUT2D eigenvalue weighted by atomic mass is 16.6. The molecule has 1 aliphatic carbocycles. The fourth-order valence-electron chi connectivity index (χ4n) is 2.46. The van der Waals surface area contributed by atoms with Gasteiger partial charge >= 0.3 is 0 Å². The Morgan fingerprint density at radius 3 is 2.68 bits per heavy atom. The normalized spacial score (nSPS) is 16.8. The summed E-state index contributed by atoms with van der Waals surface area (Å²) in [4.78, 5) is 12.3. The van der Waals surface area contributed by atoms with Crippen LogP contribution in [0.4, 0.5) is 0 Å². The molecule has 1 saturated carbocycles. The van der Waals surface area contributed by atoms with Crippen LogP contribution >= 0.6 is 0 Å². The molecule has 5 heteroatoms. The summed E-state index contributed by atoms with van der Waals surface area (Å²) in [6, 6.07) is 12.5. The summed E-state index contributed by atoms with van der Waals surface area (Å²) >= 11 is 0. The Labute approximate surface area is 129 Å². The molecule has 0 saturated heterocycles. The van der Waals surface area contributed by atoms with Gasteiger partial charge in [0.25, 0.3) is 11.9 Å². The summed E-state index contributed by atoms with van der Waals surface area (Å²) < 4.78 is 11.0. The van der Waals surface area contributed by atoms with E-state index >= 15 is 0 Å². The second-order valence-corrected chi connectivity index (χ2v) is 5.88. The van der Waals surface area contributed by atoms with Crippen molar-refractivity contribution in [3.8, 4) is 11.7 Å². The van der Waals surface area contributed by atoms with Crippen LogP contribution in [-0.2, 0) is 0 Å². The Morgan fingerprint density at radius 1 is 1.32 bits per heavy atom. The fourth-order valence-corrected chi connectivity index (χ4v) is 2.46. The van der Waals surface area contributed by atoms with Gasteiger partial charge in [-0.05, 0) is 43.9 Å². The Balaban J connectivity index is 1.66. The number of rotatable bonds is 6. The first-order chi connectivity index (χ1) is 10.6. The highest BCUT2D eigenvalue weighted by Crippen LogP contribution is 2.39. The van der Waals surface area contributed by atoms with Gasteiger partial charge in [-0.3, -0.25) is 4.79 Å². The van der Waals surface area contributed by atoms with Crippen molar-refractivity contribution in [2.75, 3.05) is 6.54 Å². The number of carbonyl (C=O) groups is 1. The van der Waals surface area contributed by atoms with Gasteiger partial charge in [0.05, 0.1) is 5.54 Å². The molecule has 1 aliphatic rings. The number of benzene rings is 1. The van der Waals surface area contributed by atoms with Crippen molar-refractivity contribution < 1.29 is 13.9 Å². The maximum absolute atomic E-state index is 12.3. The van der Waals surface area contributed by atoms with Crippen LogP contribution in [0.5, 0.6) is 11.7 Å². The van der Waals surface area contributed by atoms with Gasteiger partial charge in [-0.2, -0.15) is 0 Å². The Bertz CT molecular complexity index is 649. The molecule has 1 atom stereocenters. The average Bonchev–Trinajstić information content (AvgIpc) is 3.29. The molecule has 22 heavy (non-hydrogen) atoms. The second kappa shape index (κ2) is 5.85. The predicted molar refractivity (Wildman–Crippen MR) is 82.9 cm³/mol. The summed E-state index contributed by atoms with van der Waals surface area (Å²) in [7, 11) is 0. The number of para-hydroxylation sites is 1. The molecule has 1 aromatic carbocycles. The van der Waals surface area contributed by atoms with E-state index in [0.717, 1.165) is 12.8 Å². The smallest absolute Gasteiger partial charge is 0.290 e. The van der Waals surface area contributed by atoms with Crippen LogP contribution in [0.15, 0.2) is 46.9 Å². The molecule has 3 N–H and O–H groups in total. The highest BCUT2D eigenvalue weighted by Gasteiger charge is 2.42. The highest BCUT2D eigenvalue weighted by molar-refractivity contribution is 5.92. The molecule has 1 aromatic heterocycles. The van der Waals surface area contributed by atoms with Gasteiger partial charge in [0.1, 0.15) is 5.75 Å². The minimum absolute atomic E-state index is 0.228. The number of furan rings is 1. The van der Waals surface area contributed by atoms with Gasteiger partial charge < -0.3 is 20.2 Å². The molecule has 3 rings (SSSR count). The lowest BCUT2D eigenvalue weighted by molar-refractivity contribution is 0.0864. The van der Waals surface area contributed by atoms with Crippen LogP contribution in [0.25, 0.3) is 0 Å². The van der Waals surface area contributed by atoms with Gasteiger partial charge in [-0.25, -0.2) is 0 Å². The predicted octanol–water partition coefficient (Wildman–Crippen LogP) is 2.93. The minimum atomic E-state index is -0.371. The lowest BCUT2D eigenvalue weighted by Gasteiger charge is -2.28. The van der Waals surface area contributed by atoms with Crippen molar-refractivity contribution in [3.05, 3.63) is 48.2 Å². The zero-order chi connectivity index (χ0) is 15.6.